The lowest BCUT2D eigenvalue weighted by molar-refractivity contribution is 0.0616. The topological polar surface area (TPSA) is 58.8 Å². The van der Waals surface area contributed by atoms with Gasteiger partial charge in [-0.1, -0.05) is 35.5 Å². The third-order valence-electron chi connectivity index (χ3n) is 5.29. The van der Waals surface area contributed by atoms with Crippen LogP contribution in [0.2, 0.25) is 0 Å². The quantitative estimate of drug-likeness (QED) is 0.622. The van der Waals surface area contributed by atoms with Crippen molar-refractivity contribution >= 4 is 5.91 Å². The van der Waals surface area contributed by atoms with Crippen molar-refractivity contribution in [3.05, 3.63) is 83.0 Å². The molecule has 0 atom stereocenters. The Morgan fingerprint density at radius 2 is 1.77 bits per heavy atom. The van der Waals surface area contributed by atoms with Gasteiger partial charge in [0.2, 0.25) is 0 Å². The van der Waals surface area contributed by atoms with Crippen LogP contribution < -0.4 is 4.74 Å². The highest BCUT2D eigenvalue weighted by atomic mass is 19.1. The van der Waals surface area contributed by atoms with Gasteiger partial charge in [0, 0.05) is 32.7 Å². The predicted octanol–water partition coefficient (Wildman–Crippen LogP) is 3.66. The van der Waals surface area contributed by atoms with Crippen LogP contribution in [0.15, 0.2) is 59.1 Å². The standard InChI is InChI=1S/C23H24FN3O3/c1-17-21(16-29-20-9-7-19(24)8-10-20)22(25-30-17)23(28)27-13-11-26(12-14-27)15-18-5-3-2-4-6-18/h2-10H,11-16H2,1H3. The van der Waals surface area contributed by atoms with Gasteiger partial charge in [-0.2, -0.15) is 0 Å². The number of amides is 1. The molecule has 3 aromatic rings. The number of benzene rings is 2. The molecule has 2 heterocycles. The number of aromatic nitrogens is 1. The summed E-state index contributed by atoms with van der Waals surface area (Å²) in [6, 6.07) is 16.1. The van der Waals surface area contributed by atoms with E-state index in [1.54, 1.807) is 24.0 Å². The van der Waals surface area contributed by atoms with Gasteiger partial charge in [-0.25, -0.2) is 4.39 Å². The van der Waals surface area contributed by atoms with Crippen molar-refractivity contribution in [3.63, 3.8) is 0 Å². The molecule has 0 N–H and O–H groups in total. The summed E-state index contributed by atoms with van der Waals surface area (Å²) in [5.74, 6) is 0.586. The summed E-state index contributed by atoms with van der Waals surface area (Å²) in [6.07, 6.45) is 0. The molecule has 0 bridgehead atoms. The van der Waals surface area contributed by atoms with Gasteiger partial charge in [0.1, 0.15) is 23.9 Å². The normalized spacial score (nSPS) is 14.7. The van der Waals surface area contributed by atoms with E-state index in [-0.39, 0.29) is 24.0 Å². The van der Waals surface area contributed by atoms with E-state index in [0.29, 0.717) is 30.2 Å². The van der Waals surface area contributed by atoms with Crippen LogP contribution in [0.4, 0.5) is 4.39 Å². The Balaban J connectivity index is 1.36. The number of carbonyl (C=O) groups is 1. The minimum Gasteiger partial charge on any atom is -0.489 e. The zero-order valence-electron chi connectivity index (χ0n) is 16.9. The number of carbonyl (C=O) groups excluding carboxylic acids is 1. The highest BCUT2D eigenvalue weighted by molar-refractivity contribution is 5.93. The van der Waals surface area contributed by atoms with E-state index < -0.39 is 0 Å². The van der Waals surface area contributed by atoms with Crippen LogP contribution in [0.3, 0.4) is 0 Å². The van der Waals surface area contributed by atoms with Crippen molar-refractivity contribution in [2.45, 2.75) is 20.1 Å². The van der Waals surface area contributed by atoms with E-state index >= 15 is 0 Å². The van der Waals surface area contributed by atoms with Crippen LogP contribution >= 0.6 is 0 Å². The maximum atomic E-state index is 13.1. The van der Waals surface area contributed by atoms with Gasteiger partial charge in [-0.15, -0.1) is 0 Å². The van der Waals surface area contributed by atoms with Crippen molar-refractivity contribution in [2.24, 2.45) is 0 Å². The smallest absolute Gasteiger partial charge is 0.276 e. The zero-order chi connectivity index (χ0) is 20.9. The molecule has 1 aromatic heterocycles. The molecule has 7 heteroatoms. The van der Waals surface area contributed by atoms with Crippen molar-refractivity contribution in [1.29, 1.82) is 0 Å². The summed E-state index contributed by atoms with van der Waals surface area (Å²) in [7, 11) is 0. The van der Waals surface area contributed by atoms with Gasteiger partial charge in [0.05, 0.1) is 5.56 Å². The van der Waals surface area contributed by atoms with Gasteiger partial charge < -0.3 is 14.2 Å². The molecule has 2 aromatic carbocycles. The van der Waals surface area contributed by atoms with E-state index in [1.165, 1.54) is 17.7 Å². The molecule has 6 nitrogen and oxygen atoms in total. The summed E-state index contributed by atoms with van der Waals surface area (Å²) in [5, 5.41) is 3.98. The Morgan fingerprint density at radius 3 is 2.47 bits per heavy atom. The summed E-state index contributed by atoms with van der Waals surface area (Å²) in [6.45, 7) is 5.65. The largest absolute Gasteiger partial charge is 0.489 e. The second kappa shape index (κ2) is 9.09. The molecule has 1 aliphatic rings. The van der Waals surface area contributed by atoms with E-state index in [1.807, 2.05) is 18.2 Å². The van der Waals surface area contributed by atoms with E-state index in [9.17, 15) is 9.18 Å². The molecular weight excluding hydrogens is 385 g/mol. The van der Waals surface area contributed by atoms with Crippen molar-refractivity contribution in [2.75, 3.05) is 26.2 Å². The molecule has 30 heavy (non-hydrogen) atoms. The minimum atomic E-state index is -0.328. The third-order valence-corrected chi connectivity index (χ3v) is 5.29. The van der Waals surface area contributed by atoms with Gasteiger partial charge >= 0.3 is 0 Å². The third kappa shape index (κ3) is 4.68. The maximum absolute atomic E-state index is 13.1. The van der Waals surface area contributed by atoms with Gasteiger partial charge in [-0.3, -0.25) is 9.69 Å². The molecule has 0 saturated carbocycles. The SMILES string of the molecule is Cc1onc(C(=O)N2CCN(Cc3ccccc3)CC2)c1COc1ccc(F)cc1. The Morgan fingerprint density at radius 1 is 1.07 bits per heavy atom. The van der Waals surface area contributed by atoms with Gasteiger partial charge in [0.15, 0.2) is 5.69 Å². The highest BCUT2D eigenvalue weighted by Crippen LogP contribution is 2.20. The zero-order valence-corrected chi connectivity index (χ0v) is 16.9. The molecular formula is C23H24FN3O3. The fourth-order valence-electron chi connectivity index (χ4n) is 3.52. The van der Waals surface area contributed by atoms with Crippen LogP contribution in [0.5, 0.6) is 5.75 Å². The Kier molecular flexibility index (Phi) is 6.09. The first-order valence-corrected chi connectivity index (χ1v) is 9.99. The average molecular weight is 409 g/mol. The number of ether oxygens (including phenoxy) is 1. The van der Waals surface area contributed by atoms with Crippen LogP contribution in [0.1, 0.15) is 27.4 Å². The van der Waals surface area contributed by atoms with E-state index in [2.05, 4.69) is 22.2 Å². The lowest BCUT2D eigenvalue weighted by Crippen LogP contribution is -2.48. The second-order valence-corrected chi connectivity index (χ2v) is 7.36. The van der Waals surface area contributed by atoms with Crippen LogP contribution in [-0.2, 0) is 13.2 Å². The summed E-state index contributed by atoms with van der Waals surface area (Å²) >= 11 is 0. The molecule has 4 rings (SSSR count). The van der Waals surface area contributed by atoms with Crippen molar-refractivity contribution in [1.82, 2.24) is 15.0 Å². The molecule has 156 valence electrons. The molecule has 0 spiro atoms. The number of halogens is 1. The van der Waals surface area contributed by atoms with Crippen LogP contribution in [0.25, 0.3) is 0 Å². The number of piperazine rings is 1. The maximum Gasteiger partial charge on any atom is 0.276 e. The number of nitrogens with zero attached hydrogens (tertiary/aromatic N) is 3. The van der Waals surface area contributed by atoms with Crippen molar-refractivity contribution < 1.29 is 18.4 Å². The molecule has 0 radical (unpaired) electrons. The molecule has 1 amide bonds. The lowest BCUT2D eigenvalue weighted by Gasteiger charge is -2.34. The number of aryl methyl sites for hydroxylation is 1. The molecule has 1 fully saturated rings. The molecule has 1 aliphatic heterocycles. The number of hydrogen-bond acceptors (Lipinski definition) is 5. The first-order valence-electron chi connectivity index (χ1n) is 9.99. The summed E-state index contributed by atoms with van der Waals surface area (Å²) < 4.78 is 24.0. The Labute approximate surface area is 174 Å². The summed E-state index contributed by atoms with van der Waals surface area (Å²) in [5.41, 5.74) is 2.17. The number of rotatable bonds is 6. The van der Waals surface area contributed by atoms with Crippen LogP contribution in [-0.4, -0.2) is 47.0 Å². The minimum absolute atomic E-state index is 0.135. The highest BCUT2D eigenvalue weighted by Gasteiger charge is 2.28. The molecule has 1 saturated heterocycles. The fourth-order valence-corrected chi connectivity index (χ4v) is 3.52. The molecule has 0 aliphatic carbocycles. The van der Waals surface area contributed by atoms with E-state index in [0.717, 1.165) is 19.6 Å². The fraction of sp³-hybridized carbons (Fsp3) is 0.304. The number of hydrogen-bond donors (Lipinski definition) is 0. The summed E-state index contributed by atoms with van der Waals surface area (Å²) in [4.78, 5) is 17.2. The van der Waals surface area contributed by atoms with Crippen LogP contribution in [0, 0.1) is 12.7 Å². The Bertz CT molecular complexity index is 981. The van der Waals surface area contributed by atoms with Gasteiger partial charge in [-0.05, 0) is 36.8 Å². The Hall–Kier alpha value is -3.19. The average Bonchev–Trinajstić information content (AvgIpc) is 3.14. The lowest BCUT2D eigenvalue weighted by atomic mass is 10.1. The van der Waals surface area contributed by atoms with Crippen molar-refractivity contribution in [3.8, 4) is 5.75 Å². The first-order chi connectivity index (χ1) is 14.6. The van der Waals surface area contributed by atoms with E-state index in [4.69, 9.17) is 9.26 Å². The second-order valence-electron chi connectivity index (χ2n) is 7.36. The predicted molar refractivity (Wildman–Crippen MR) is 110 cm³/mol. The molecule has 0 unspecified atom stereocenters. The monoisotopic (exact) mass is 409 g/mol. The van der Waals surface area contributed by atoms with Gasteiger partial charge in [0.25, 0.3) is 5.91 Å². The first kappa shape index (κ1) is 20.1.